The minimum atomic E-state index is -0.560. The van der Waals surface area contributed by atoms with Crippen molar-refractivity contribution in [2.75, 3.05) is 14.2 Å². The van der Waals surface area contributed by atoms with Gasteiger partial charge in [-0.05, 0) is 40.0 Å². The fraction of sp³-hybridized carbons (Fsp3) is 0.571. The largest absolute Gasteiger partial charge is 0.495 e. The first-order valence-corrected chi connectivity index (χ1v) is 7.19. The summed E-state index contributed by atoms with van der Waals surface area (Å²) < 4.78 is 11.3. The fourth-order valence-electron chi connectivity index (χ4n) is 1.90. The van der Waals surface area contributed by atoms with Gasteiger partial charge in [-0.15, -0.1) is 0 Å². The van der Waals surface area contributed by atoms with Crippen molar-refractivity contribution in [3.8, 4) is 11.5 Å². The molecule has 0 fully saturated rings. The van der Waals surface area contributed by atoms with Crippen LogP contribution in [0.2, 0.25) is 0 Å². The Bertz CT molecular complexity index is 387. The van der Waals surface area contributed by atoms with Crippen LogP contribution in [0.1, 0.15) is 37.8 Å². The van der Waals surface area contributed by atoms with Gasteiger partial charge in [-0.3, -0.25) is 0 Å². The maximum absolute atomic E-state index is 10.1. The van der Waals surface area contributed by atoms with E-state index in [9.17, 15) is 5.11 Å². The zero-order chi connectivity index (χ0) is 14.4. The van der Waals surface area contributed by atoms with Gasteiger partial charge in [0, 0.05) is 0 Å². The molecule has 4 nitrogen and oxygen atoms in total. The average Bonchev–Trinajstić information content (AvgIpc) is 2.44. The number of halogens is 1. The smallest absolute Gasteiger partial charge is 0.137 e. The number of aliphatic hydroxyl groups excluding tert-OH is 1. The number of hydrogen-bond donors (Lipinski definition) is 2. The van der Waals surface area contributed by atoms with Gasteiger partial charge in [0.05, 0.1) is 26.4 Å². The molecule has 19 heavy (non-hydrogen) atoms. The molecule has 108 valence electrons. The molecule has 0 saturated carbocycles. The molecule has 0 aliphatic carbocycles. The Labute approximate surface area is 123 Å². The minimum Gasteiger partial charge on any atom is -0.495 e. The first kappa shape index (κ1) is 16.3. The van der Waals surface area contributed by atoms with Crippen LogP contribution in [0.3, 0.4) is 0 Å². The average molecular weight is 332 g/mol. The van der Waals surface area contributed by atoms with Gasteiger partial charge in [-0.1, -0.05) is 19.8 Å². The fourth-order valence-corrected chi connectivity index (χ4v) is 2.45. The van der Waals surface area contributed by atoms with Crippen LogP contribution < -0.4 is 15.2 Å². The van der Waals surface area contributed by atoms with Crippen LogP contribution in [0.15, 0.2) is 16.6 Å². The normalized spacial score (nSPS) is 14.0. The third-order valence-electron chi connectivity index (χ3n) is 3.12. The lowest BCUT2D eigenvalue weighted by Crippen LogP contribution is -2.26. The van der Waals surface area contributed by atoms with E-state index in [0.29, 0.717) is 17.9 Å². The Morgan fingerprint density at radius 1 is 1.26 bits per heavy atom. The van der Waals surface area contributed by atoms with Crippen molar-refractivity contribution in [2.45, 2.75) is 38.3 Å². The summed E-state index contributed by atoms with van der Waals surface area (Å²) in [5, 5.41) is 10.1. The zero-order valence-electron chi connectivity index (χ0n) is 11.6. The van der Waals surface area contributed by atoms with Gasteiger partial charge in [0.1, 0.15) is 16.0 Å². The number of hydrogen-bond acceptors (Lipinski definition) is 4. The highest BCUT2D eigenvalue weighted by molar-refractivity contribution is 9.10. The second-order valence-corrected chi connectivity index (χ2v) is 5.27. The second-order valence-electron chi connectivity index (χ2n) is 4.47. The highest BCUT2D eigenvalue weighted by Crippen LogP contribution is 2.37. The van der Waals surface area contributed by atoms with Crippen molar-refractivity contribution in [1.82, 2.24) is 0 Å². The number of methoxy groups -OCH3 is 2. The van der Waals surface area contributed by atoms with Crippen LogP contribution >= 0.6 is 15.9 Å². The maximum atomic E-state index is 10.1. The lowest BCUT2D eigenvalue weighted by atomic mass is 9.98. The Morgan fingerprint density at radius 2 is 1.79 bits per heavy atom. The van der Waals surface area contributed by atoms with E-state index in [-0.39, 0.29) is 0 Å². The summed E-state index contributed by atoms with van der Waals surface area (Å²) in [7, 11) is 3.17. The topological polar surface area (TPSA) is 64.7 Å². The summed E-state index contributed by atoms with van der Waals surface area (Å²) in [6.45, 7) is 2.09. The van der Waals surface area contributed by atoms with Crippen LogP contribution in [0.25, 0.3) is 0 Å². The van der Waals surface area contributed by atoms with Gasteiger partial charge in [0.2, 0.25) is 0 Å². The lowest BCUT2D eigenvalue weighted by Gasteiger charge is -2.21. The first-order valence-electron chi connectivity index (χ1n) is 6.40. The molecule has 1 aromatic rings. The van der Waals surface area contributed by atoms with Crippen molar-refractivity contribution in [1.29, 1.82) is 0 Å². The van der Waals surface area contributed by atoms with E-state index in [1.807, 2.05) is 12.1 Å². The summed E-state index contributed by atoms with van der Waals surface area (Å²) in [6, 6.07) is 3.21. The van der Waals surface area contributed by atoms with Crippen LogP contribution in [0.5, 0.6) is 11.5 Å². The SMILES string of the molecule is CCCC[C@H](O)[C@H](N)c1cc(OC)c(Br)c(OC)c1. The molecule has 1 aromatic carbocycles. The number of rotatable bonds is 7. The highest BCUT2D eigenvalue weighted by Gasteiger charge is 2.20. The van der Waals surface area contributed by atoms with Crippen molar-refractivity contribution in [3.05, 3.63) is 22.2 Å². The molecule has 0 radical (unpaired) electrons. The number of nitrogens with two attached hydrogens (primary N) is 1. The van der Waals surface area contributed by atoms with Gasteiger partial charge in [-0.2, -0.15) is 0 Å². The number of unbranched alkanes of at least 4 members (excludes halogenated alkanes) is 1. The predicted molar refractivity (Wildman–Crippen MR) is 79.7 cm³/mol. The van der Waals surface area contributed by atoms with Gasteiger partial charge in [0.15, 0.2) is 0 Å². The van der Waals surface area contributed by atoms with Crippen molar-refractivity contribution >= 4 is 15.9 Å². The molecule has 1 rings (SSSR count). The van der Waals surface area contributed by atoms with E-state index in [4.69, 9.17) is 15.2 Å². The molecule has 2 atom stereocenters. The molecule has 0 unspecified atom stereocenters. The molecular formula is C14H22BrNO3. The van der Waals surface area contributed by atoms with Crippen molar-refractivity contribution in [3.63, 3.8) is 0 Å². The molecule has 0 aliphatic heterocycles. The minimum absolute atomic E-state index is 0.442. The van der Waals surface area contributed by atoms with E-state index in [1.54, 1.807) is 14.2 Å². The van der Waals surface area contributed by atoms with E-state index >= 15 is 0 Å². The molecule has 0 spiro atoms. The second kappa shape index (κ2) is 7.72. The quantitative estimate of drug-likeness (QED) is 0.806. The standard InChI is InChI=1S/C14H22BrNO3/c1-4-5-6-10(17)14(16)9-7-11(18-2)13(15)12(8-9)19-3/h7-8,10,14,17H,4-6,16H2,1-3H3/t10-,14+/m0/s1. The Balaban J connectivity index is 2.99. The molecule has 3 N–H and O–H groups in total. The third-order valence-corrected chi connectivity index (χ3v) is 3.90. The molecule has 0 saturated heterocycles. The highest BCUT2D eigenvalue weighted by atomic mass is 79.9. The van der Waals surface area contributed by atoms with Crippen LogP contribution in [0, 0.1) is 0 Å². The third kappa shape index (κ3) is 4.09. The van der Waals surface area contributed by atoms with Gasteiger partial charge in [0.25, 0.3) is 0 Å². The van der Waals surface area contributed by atoms with Crippen LogP contribution in [-0.4, -0.2) is 25.4 Å². The van der Waals surface area contributed by atoms with E-state index in [1.165, 1.54) is 0 Å². The summed E-state index contributed by atoms with van der Waals surface area (Å²) >= 11 is 3.41. The molecule has 0 amide bonds. The molecule has 0 heterocycles. The molecule has 0 aromatic heterocycles. The maximum Gasteiger partial charge on any atom is 0.137 e. The van der Waals surface area contributed by atoms with Gasteiger partial charge < -0.3 is 20.3 Å². The number of benzene rings is 1. The van der Waals surface area contributed by atoms with Gasteiger partial charge >= 0.3 is 0 Å². The van der Waals surface area contributed by atoms with Crippen LogP contribution in [0.4, 0.5) is 0 Å². The number of aliphatic hydroxyl groups is 1. The predicted octanol–water partition coefficient (Wildman–Crippen LogP) is 3.02. The first-order chi connectivity index (χ1) is 9.04. The monoisotopic (exact) mass is 331 g/mol. The van der Waals surface area contributed by atoms with Crippen molar-refractivity contribution in [2.24, 2.45) is 5.73 Å². The molecule has 0 bridgehead atoms. The zero-order valence-corrected chi connectivity index (χ0v) is 13.2. The molecular weight excluding hydrogens is 310 g/mol. The Hall–Kier alpha value is -0.780. The Kier molecular flexibility index (Phi) is 6.62. The van der Waals surface area contributed by atoms with E-state index < -0.39 is 12.1 Å². The summed E-state index contributed by atoms with van der Waals surface area (Å²) in [5.74, 6) is 1.29. The van der Waals surface area contributed by atoms with Crippen LogP contribution in [-0.2, 0) is 0 Å². The van der Waals surface area contributed by atoms with E-state index in [0.717, 1.165) is 22.9 Å². The summed E-state index contributed by atoms with van der Waals surface area (Å²) in [4.78, 5) is 0. The molecule has 0 aliphatic rings. The number of ether oxygens (including phenoxy) is 2. The van der Waals surface area contributed by atoms with E-state index in [2.05, 4.69) is 22.9 Å². The van der Waals surface area contributed by atoms with Crippen molar-refractivity contribution < 1.29 is 14.6 Å². The summed E-state index contributed by atoms with van der Waals surface area (Å²) in [6.07, 6.45) is 2.13. The molecule has 5 heteroatoms. The lowest BCUT2D eigenvalue weighted by molar-refractivity contribution is 0.132. The Morgan fingerprint density at radius 3 is 2.21 bits per heavy atom. The summed E-state index contributed by atoms with van der Waals surface area (Å²) in [5.41, 5.74) is 6.91. The van der Waals surface area contributed by atoms with Gasteiger partial charge in [-0.25, -0.2) is 0 Å².